The zero-order chi connectivity index (χ0) is 18.4. The molecule has 1 atom stereocenters. The molecule has 1 aromatic rings. The van der Waals surface area contributed by atoms with Gasteiger partial charge in [0, 0.05) is 13.1 Å². The van der Waals surface area contributed by atoms with E-state index in [0.717, 1.165) is 32.4 Å². The van der Waals surface area contributed by atoms with Gasteiger partial charge in [-0.2, -0.15) is 0 Å². The minimum Gasteiger partial charge on any atom is -0.349 e. The maximum absolute atomic E-state index is 13.0. The third-order valence-electron chi connectivity index (χ3n) is 5.30. The molecule has 0 aliphatic carbocycles. The molecule has 5 heteroatoms. The van der Waals surface area contributed by atoms with Crippen LogP contribution < -0.4 is 0 Å². The average molecular weight is 360 g/mol. The van der Waals surface area contributed by atoms with Crippen LogP contribution in [0.15, 0.2) is 24.3 Å². The number of likely N-dealkylation sites (tertiary alicyclic amines) is 1. The highest BCUT2D eigenvalue weighted by Crippen LogP contribution is 2.24. The predicted octanol–water partition coefficient (Wildman–Crippen LogP) is 2.96. The van der Waals surface area contributed by atoms with Crippen molar-refractivity contribution in [1.82, 2.24) is 9.80 Å². The molecular weight excluding hydrogens is 328 g/mol. The zero-order valence-corrected chi connectivity index (χ0v) is 16.2. The number of amides is 1. The molecule has 0 aromatic heterocycles. The molecule has 2 fully saturated rings. The van der Waals surface area contributed by atoms with E-state index in [-0.39, 0.29) is 18.2 Å². The molecule has 2 aliphatic heterocycles. The van der Waals surface area contributed by atoms with Crippen molar-refractivity contribution in [2.45, 2.75) is 58.4 Å². The predicted molar refractivity (Wildman–Crippen MR) is 102 cm³/mol. The summed E-state index contributed by atoms with van der Waals surface area (Å²) >= 11 is 0. The first-order valence-electron chi connectivity index (χ1n) is 9.98. The lowest BCUT2D eigenvalue weighted by molar-refractivity contribution is -0.140. The number of benzene rings is 1. The summed E-state index contributed by atoms with van der Waals surface area (Å²) in [6, 6.07) is 8.67. The van der Waals surface area contributed by atoms with Gasteiger partial charge in [-0.3, -0.25) is 9.69 Å². The van der Waals surface area contributed by atoms with Gasteiger partial charge in [0.15, 0.2) is 6.29 Å². The summed E-state index contributed by atoms with van der Waals surface area (Å²) in [6.45, 7) is 8.42. The van der Waals surface area contributed by atoms with Crippen molar-refractivity contribution in [2.75, 3.05) is 32.8 Å². The second kappa shape index (κ2) is 9.49. The number of ether oxygens (including phenoxy) is 2. The number of nitrogens with zero attached hydrogens (tertiary/aromatic N) is 2. The molecule has 26 heavy (non-hydrogen) atoms. The zero-order valence-electron chi connectivity index (χ0n) is 16.2. The van der Waals surface area contributed by atoms with Gasteiger partial charge in [0.05, 0.1) is 25.8 Å². The summed E-state index contributed by atoms with van der Waals surface area (Å²) in [5, 5.41) is 0. The van der Waals surface area contributed by atoms with Gasteiger partial charge < -0.3 is 14.4 Å². The third kappa shape index (κ3) is 5.06. The fourth-order valence-electron chi connectivity index (χ4n) is 3.87. The molecule has 1 aromatic carbocycles. The van der Waals surface area contributed by atoms with E-state index >= 15 is 0 Å². The summed E-state index contributed by atoms with van der Waals surface area (Å²) in [4.78, 5) is 17.3. The van der Waals surface area contributed by atoms with Gasteiger partial charge in [0.2, 0.25) is 5.91 Å². The maximum Gasteiger partial charge on any atom is 0.237 e. The molecule has 3 rings (SSSR count). The standard InChI is InChI=1S/C21H32N2O3/c1-3-11-23(15-18-9-7-17(2)8-10-18)20(24)16-22-12-5-4-6-19(22)21-25-13-14-26-21/h7-10,19,21H,3-6,11-16H2,1-2H3. The Labute approximate surface area is 157 Å². The minimum atomic E-state index is -0.167. The summed E-state index contributed by atoms with van der Waals surface area (Å²) < 4.78 is 11.5. The Balaban J connectivity index is 1.62. The van der Waals surface area contributed by atoms with Crippen LogP contribution in [-0.2, 0) is 20.8 Å². The molecule has 0 bridgehead atoms. The Morgan fingerprint density at radius 3 is 2.62 bits per heavy atom. The normalized spacial score (nSPS) is 21.8. The van der Waals surface area contributed by atoms with E-state index < -0.39 is 0 Å². The number of hydrogen-bond acceptors (Lipinski definition) is 4. The molecule has 1 amide bonds. The van der Waals surface area contributed by atoms with E-state index in [1.165, 1.54) is 17.5 Å². The van der Waals surface area contributed by atoms with Gasteiger partial charge in [-0.25, -0.2) is 0 Å². The SMILES string of the molecule is CCCN(Cc1ccc(C)cc1)C(=O)CN1CCCCC1C1OCCO1. The summed E-state index contributed by atoms with van der Waals surface area (Å²) in [5.74, 6) is 0.206. The van der Waals surface area contributed by atoms with Crippen LogP contribution in [0.2, 0.25) is 0 Å². The van der Waals surface area contributed by atoms with Crippen molar-refractivity contribution in [1.29, 1.82) is 0 Å². The first-order valence-corrected chi connectivity index (χ1v) is 9.98. The molecule has 144 valence electrons. The van der Waals surface area contributed by atoms with E-state index in [1.807, 2.05) is 4.90 Å². The molecule has 0 N–H and O–H groups in total. The van der Waals surface area contributed by atoms with Crippen LogP contribution in [-0.4, -0.2) is 60.9 Å². The van der Waals surface area contributed by atoms with E-state index in [1.54, 1.807) is 0 Å². The average Bonchev–Trinajstić information content (AvgIpc) is 3.18. The van der Waals surface area contributed by atoms with Crippen molar-refractivity contribution < 1.29 is 14.3 Å². The number of aryl methyl sites for hydroxylation is 1. The Bertz CT molecular complexity index is 569. The highest BCUT2D eigenvalue weighted by molar-refractivity contribution is 5.78. The van der Waals surface area contributed by atoms with Gasteiger partial charge in [0.1, 0.15) is 0 Å². The molecule has 0 saturated carbocycles. The topological polar surface area (TPSA) is 42.0 Å². The van der Waals surface area contributed by atoms with Crippen molar-refractivity contribution >= 4 is 5.91 Å². The van der Waals surface area contributed by atoms with E-state index in [2.05, 4.69) is 43.0 Å². The monoisotopic (exact) mass is 360 g/mol. The highest BCUT2D eigenvalue weighted by atomic mass is 16.7. The van der Waals surface area contributed by atoms with E-state index in [9.17, 15) is 4.79 Å². The van der Waals surface area contributed by atoms with Crippen molar-refractivity contribution in [3.05, 3.63) is 35.4 Å². The molecule has 0 spiro atoms. The first kappa shape index (κ1) is 19.3. The van der Waals surface area contributed by atoms with Gasteiger partial charge in [-0.05, 0) is 38.3 Å². The molecule has 2 saturated heterocycles. The van der Waals surface area contributed by atoms with Crippen LogP contribution in [0.25, 0.3) is 0 Å². The number of carbonyl (C=O) groups is 1. The lowest BCUT2D eigenvalue weighted by Crippen LogP contribution is -2.51. The summed E-state index contributed by atoms with van der Waals surface area (Å²) in [6.07, 6.45) is 4.17. The maximum atomic E-state index is 13.0. The second-order valence-electron chi connectivity index (χ2n) is 7.44. The van der Waals surface area contributed by atoms with Crippen LogP contribution in [0, 0.1) is 6.92 Å². The van der Waals surface area contributed by atoms with E-state index in [0.29, 0.717) is 26.3 Å². The quantitative estimate of drug-likeness (QED) is 0.750. The second-order valence-corrected chi connectivity index (χ2v) is 7.44. The van der Waals surface area contributed by atoms with Crippen molar-refractivity contribution in [3.8, 4) is 0 Å². The van der Waals surface area contributed by atoms with Gasteiger partial charge in [-0.1, -0.05) is 43.2 Å². The molecule has 2 aliphatic rings. The van der Waals surface area contributed by atoms with Crippen LogP contribution >= 0.6 is 0 Å². The van der Waals surface area contributed by atoms with Crippen LogP contribution in [0.1, 0.15) is 43.7 Å². The summed E-state index contributed by atoms with van der Waals surface area (Å²) in [5.41, 5.74) is 2.44. The van der Waals surface area contributed by atoms with Crippen LogP contribution in [0.3, 0.4) is 0 Å². The molecule has 2 heterocycles. The summed E-state index contributed by atoms with van der Waals surface area (Å²) in [7, 11) is 0. The molecular formula is C21H32N2O3. The number of piperidine rings is 1. The minimum absolute atomic E-state index is 0.167. The lowest BCUT2D eigenvalue weighted by Gasteiger charge is -2.38. The number of hydrogen-bond donors (Lipinski definition) is 0. The van der Waals surface area contributed by atoms with Crippen LogP contribution in [0.5, 0.6) is 0 Å². The largest absolute Gasteiger partial charge is 0.349 e. The Morgan fingerprint density at radius 2 is 1.92 bits per heavy atom. The molecule has 1 unspecified atom stereocenters. The third-order valence-corrected chi connectivity index (χ3v) is 5.30. The molecule has 0 radical (unpaired) electrons. The lowest BCUT2D eigenvalue weighted by atomic mass is 10.0. The fourth-order valence-corrected chi connectivity index (χ4v) is 3.87. The first-order chi connectivity index (χ1) is 12.7. The fraction of sp³-hybridized carbons (Fsp3) is 0.667. The number of carbonyl (C=O) groups excluding carboxylic acids is 1. The highest BCUT2D eigenvalue weighted by Gasteiger charge is 2.35. The van der Waals surface area contributed by atoms with Crippen molar-refractivity contribution in [2.24, 2.45) is 0 Å². The Hall–Kier alpha value is -1.43. The van der Waals surface area contributed by atoms with Gasteiger partial charge in [0.25, 0.3) is 0 Å². The van der Waals surface area contributed by atoms with E-state index in [4.69, 9.17) is 9.47 Å². The van der Waals surface area contributed by atoms with Gasteiger partial charge >= 0.3 is 0 Å². The van der Waals surface area contributed by atoms with Crippen LogP contribution in [0.4, 0.5) is 0 Å². The molecule has 5 nitrogen and oxygen atoms in total. The Morgan fingerprint density at radius 1 is 1.19 bits per heavy atom. The Kier molecular flexibility index (Phi) is 7.06. The smallest absolute Gasteiger partial charge is 0.237 e. The van der Waals surface area contributed by atoms with Gasteiger partial charge in [-0.15, -0.1) is 0 Å². The number of rotatable bonds is 7. The van der Waals surface area contributed by atoms with Crippen molar-refractivity contribution in [3.63, 3.8) is 0 Å².